The monoisotopic (exact) mass is 298 g/mol. The van der Waals surface area contributed by atoms with Crippen molar-refractivity contribution in [2.24, 2.45) is 5.92 Å². The number of hydrogen-bond donors (Lipinski definition) is 0. The van der Waals surface area contributed by atoms with Crippen molar-refractivity contribution >= 4 is 5.78 Å². The maximum absolute atomic E-state index is 12.4. The lowest BCUT2D eigenvalue weighted by molar-refractivity contribution is 0.0946. The van der Waals surface area contributed by atoms with Crippen molar-refractivity contribution in [3.63, 3.8) is 0 Å². The van der Waals surface area contributed by atoms with Gasteiger partial charge in [-0.1, -0.05) is 79.7 Å². The molecule has 3 aromatic rings. The van der Waals surface area contributed by atoms with E-state index in [0.29, 0.717) is 0 Å². The van der Waals surface area contributed by atoms with E-state index in [4.69, 9.17) is 0 Å². The molecule has 0 bridgehead atoms. The molecule has 1 atom stereocenters. The lowest BCUT2D eigenvalue weighted by atomic mass is 9.88. The predicted octanol–water partition coefficient (Wildman–Crippen LogP) is 5.40. The Morgan fingerprint density at radius 2 is 1.30 bits per heavy atom. The Morgan fingerprint density at radius 1 is 0.739 bits per heavy atom. The summed E-state index contributed by atoms with van der Waals surface area (Å²) in [6.07, 6.45) is 0.832. The first-order valence-corrected chi connectivity index (χ1v) is 8.06. The summed E-state index contributed by atoms with van der Waals surface area (Å²) in [6.45, 7) is 2.03. The lowest BCUT2D eigenvalue weighted by Crippen LogP contribution is -2.02. The summed E-state index contributed by atoms with van der Waals surface area (Å²) < 4.78 is 0. The maximum atomic E-state index is 12.4. The summed E-state index contributed by atoms with van der Waals surface area (Å²) in [6, 6.07) is 25.0. The maximum Gasteiger partial charge on any atom is 0.166 e. The van der Waals surface area contributed by atoms with Gasteiger partial charge in [0.15, 0.2) is 5.78 Å². The number of fused-ring (bicyclic) bond motifs is 1. The van der Waals surface area contributed by atoms with Crippen LogP contribution in [-0.2, 0) is 6.42 Å². The van der Waals surface area contributed by atoms with Crippen molar-refractivity contribution in [2.45, 2.75) is 13.3 Å². The first-order chi connectivity index (χ1) is 11.3. The van der Waals surface area contributed by atoms with Crippen molar-refractivity contribution in [2.75, 3.05) is 0 Å². The third kappa shape index (κ3) is 2.29. The molecule has 112 valence electrons. The summed E-state index contributed by atoms with van der Waals surface area (Å²) in [5.41, 5.74) is 6.90. The van der Waals surface area contributed by atoms with E-state index in [1.165, 1.54) is 27.8 Å². The van der Waals surface area contributed by atoms with E-state index >= 15 is 0 Å². The van der Waals surface area contributed by atoms with E-state index in [9.17, 15) is 4.79 Å². The average Bonchev–Trinajstić information content (AvgIpc) is 2.90. The number of rotatable bonds is 2. The van der Waals surface area contributed by atoms with Crippen molar-refractivity contribution in [3.8, 4) is 22.3 Å². The summed E-state index contributed by atoms with van der Waals surface area (Å²) >= 11 is 0. The second kappa shape index (κ2) is 5.51. The molecule has 1 nitrogen and oxygen atoms in total. The highest BCUT2D eigenvalue weighted by atomic mass is 16.1. The van der Waals surface area contributed by atoms with E-state index < -0.39 is 0 Å². The first kappa shape index (κ1) is 14.0. The van der Waals surface area contributed by atoms with Crippen LogP contribution >= 0.6 is 0 Å². The van der Waals surface area contributed by atoms with Crippen molar-refractivity contribution in [3.05, 3.63) is 83.9 Å². The van der Waals surface area contributed by atoms with Crippen LogP contribution in [0.1, 0.15) is 22.8 Å². The molecule has 0 aromatic heterocycles. The molecule has 0 saturated carbocycles. The Bertz CT molecular complexity index is 863. The van der Waals surface area contributed by atoms with Gasteiger partial charge in [0.05, 0.1) is 0 Å². The average molecular weight is 298 g/mol. The highest BCUT2D eigenvalue weighted by molar-refractivity contribution is 6.05. The second-order valence-corrected chi connectivity index (χ2v) is 6.22. The fourth-order valence-electron chi connectivity index (χ4n) is 3.55. The first-order valence-electron chi connectivity index (χ1n) is 8.06. The minimum Gasteiger partial charge on any atom is -0.294 e. The van der Waals surface area contributed by atoms with Crippen LogP contribution in [0, 0.1) is 5.92 Å². The number of Topliss-reactive ketones (excluding diaryl/α,β-unsaturated/α-hetero) is 1. The van der Waals surface area contributed by atoms with E-state index in [2.05, 4.69) is 54.6 Å². The molecule has 0 heterocycles. The quantitative estimate of drug-likeness (QED) is 0.619. The van der Waals surface area contributed by atoms with Crippen LogP contribution in [-0.4, -0.2) is 5.78 Å². The molecule has 0 radical (unpaired) electrons. The Balaban J connectivity index is 2.02. The molecular weight excluding hydrogens is 280 g/mol. The Morgan fingerprint density at radius 3 is 1.96 bits per heavy atom. The van der Waals surface area contributed by atoms with Gasteiger partial charge in [-0.05, 0) is 34.2 Å². The van der Waals surface area contributed by atoms with Crippen LogP contribution < -0.4 is 0 Å². The van der Waals surface area contributed by atoms with Crippen LogP contribution in [0.4, 0.5) is 0 Å². The fourth-order valence-corrected chi connectivity index (χ4v) is 3.55. The van der Waals surface area contributed by atoms with Gasteiger partial charge in [0.1, 0.15) is 0 Å². The molecule has 0 fully saturated rings. The standard InChI is InChI=1S/C22H18O/c1-15-14-20-19(22(15)23)13-12-18(16-8-4-2-5-9-16)21(20)17-10-6-3-7-11-17/h2-13,15H,14H2,1H3. The van der Waals surface area contributed by atoms with Crippen molar-refractivity contribution in [1.29, 1.82) is 0 Å². The van der Waals surface area contributed by atoms with E-state index in [-0.39, 0.29) is 11.7 Å². The Hall–Kier alpha value is -2.67. The highest BCUT2D eigenvalue weighted by Gasteiger charge is 2.30. The third-order valence-corrected chi connectivity index (χ3v) is 4.68. The van der Waals surface area contributed by atoms with Gasteiger partial charge in [0, 0.05) is 11.5 Å². The second-order valence-electron chi connectivity index (χ2n) is 6.22. The van der Waals surface area contributed by atoms with Gasteiger partial charge in [-0.25, -0.2) is 0 Å². The molecule has 0 N–H and O–H groups in total. The number of carbonyl (C=O) groups is 1. The highest BCUT2D eigenvalue weighted by Crippen LogP contribution is 2.41. The van der Waals surface area contributed by atoms with Crippen LogP contribution in [0.3, 0.4) is 0 Å². The van der Waals surface area contributed by atoms with Crippen molar-refractivity contribution < 1.29 is 4.79 Å². The number of carbonyl (C=O) groups excluding carboxylic acids is 1. The van der Waals surface area contributed by atoms with E-state index in [0.717, 1.165) is 12.0 Å². The zero-order valence-electron chi connectivity index (χ0n) is 13.1. The summed E-state index contributed by atoms with van der Waals surface area (Å²) in [5.74, 6) is 0.357. The molecule has 0 aliphatic heterocycles. The molecule has 3 aromatic carbocycles. The summed E-state index contributed by atoms with van der Waals surface area (Å²) in [7, 11) is 0. The molecule has 1 aliphatic carbocycles. The van der Waals surface area contributed by atoms with Gasteiger partial charge < -0.3 is 0 Å². The zero-order valence-corrected chi connectivity index (χ0v) is 13.1. The molecule has 0 saturated heterocycles. The van der Waals surface area contributed by atoms with Gasteiger partial charge >= 0.3 is 0 Å². The Labute approximate surface area is 136 Å². The SMILES string of the molecule is CC1Cc2c(ccc(-c3ccccc3)c2-c2ccccc2)C1=O. The van der Waals surface area contributed by atoms with Crippen molar-refractivity contribution in [1.82, 2.24) is 0 Å². The molecule has 23 heavy (non-hydrogen) atoms. The van der Waals surface area contributed by atoms with Crippen LogP contribution in [0.25, 0.3) is 22.3 Å². The van der Waals surface area contributed by atoms with Gasteiger partial charge in [-0.15, -0.1) is 0 Å². The molecule has 0 amide bonds. The van der Waals surface area contributed by atoms with Gasteiger partial charge in [0.25, 0.3) is 0 Å². The minimum atomic E-state index is 0.0819. The van der Waals surface area contributed by atoms with Crippen LogP contribution in [0.5, 0.6) is 0 Å². The summed E-state index contributed by atoms with van der Waals surface area (Å²) in [5, 5.41) is 0. The molecule has 1 aliphatic rings. The number of ketones is 1. The zero-order chi connectivity index (χ0) is 15.8. The topological polar surface area (TPSA) is 17.1 Å². The summed E-state index contributed by atoms with van der Waals surface area (Å²) in [4.78, 5) is 12.4. The molecule has 0 spiro atoms. The molecule has 4 rings (SSSR count). The lowest BCUT2D eigenvalue weighted by Gasteiger charge is -2.15. The fraction of sp³-hybridized carbons (Fsp3) is 0.136. The van der Waals surface area contributed by atoms with Gasteiger partial charge in [-0.3, -0.25) is 4.79 Å². The Kier molecular flexibility index (Phi) is 3.34. The normalized spacial score (nSPS) is 16.4. The largest absolute Gasteiger partial charge is 0.294 e. The molecule has 1 unspecified atom stereocenters. The predicted molar refractivity (Wildman–Crippen MR) is 94.5 cm³/mol. The van der Waals surface area contributed by atoms with Gasteiger partial charge in [0.2, 0.25) is 0 Å². The third-order valence-electron chi connectivity index (χ3n) is 4.68. The molecular formula is C22H18O. The van der Waals surface area contributed by atoms with Crippen LogP contribution in [0.15, 0.2) is 72.8 Å². The van der Waals surface area contributed by atoms with E-state index in [1.807, 2.05) is 25.1 Å². The van der Waals surface area contributed by atoms with Crippen LogP contribution in [0.2, 0.25) is 0 Å². The number of benzene rings is 3. The van der Waals surface area contributed by atoms with E-state index in [1.54, 1.807) is 0 Å². The molecule has 1 heteroatoms. The smallest absolute Gasteiger partial charge is 0.166 e. The minimum absolute atomic E-state index is 0.0819. The van der Waals surface area contributed by atoms with Gasteiger partial charge in [-0.2, -0.15) is 0 Å². The number of hydrogen-bond acceptors (Lipinski definition) is 1.